The van der Waals surface area contributed by atoms with Gasteiger partial charge in [-0.25, -0.2) is 4.79 Å². The lowest BCUT2D eigenvalue weighted by atomic mass is 9.98. The minimum atomic E-state index is -0.359. The molecule has 3 rings (SSSR count). The molecular weight excluding hydrogens is 326 g/mol. The number of aliphatic hydroxyl groups is 1. The Labute approximate surface area is 155 Å². The van der Waals surface area contributed by atoms with Crippen molar-refractivity contribution in [3.63, 3.8) is 0 Å². The van der Waals surface area contributed by atoms with Crippen LogP contribution < -0.4 is 5.32 Å². The van der Waals surface area contributed by atoms with Gasteiger partial charge in [0.25, 0.3) is 0 Å². The maximum absolute atomic E-state index is 12.0. The van der Waals surface area contributed by atoms with Gasteiger partial charge in [-0.15, -0.1) is 0 Å². The summed E-state index contributed by atoms with van der Waals surface area (Å²) in [5.74, 6) is 0.419. The van der Waals surface area contributed by atoms with Crippen molar-refractivity contribution in [3.8, 4) is 11.1 Å². The predicted molar refractivity (Wildman–Crippen MR) is 103 cm³/mol. The van der Waals surface area contributed by atoms with Crippen LogP contribution in [-0.2, 0) is 4.74 Å². The molecule has 2 aromatic carbocycles. The molecule has 4 nitrogen and oxygen atoms in total. The molecule has 0 radical (unpaired) electrons. The van der Waals surface area contributed by atoms with E-state index < -0.39 is 0 Å². The molecule has 4 heteroatoms. The quantitative estimate of drug-likeness (QED) is 0.695. The van der Waals surface area contributed by atoms with Gasteiger partial charge in [-0.1, -0.05) is 61.9 Å². The molecule has 0 bridgehead atoms. The Hall–Kier alpha value is -2.33. The summed E-state index contributed by atoms with van der Waals surface area (Å²) in [6.07, 6.45) is 2.50. The number of alkyl carbamates (subject to hydrolysis) is 1. The molecule has 1 amide bonds. The van der Waals surface area contributed by atoms with Crippen molar-refractivity contribution >= 4 is 6.09 Å². The first-order chi connectivity index (χ1) is 12.7. The normalized spacial score (nSPS) is 13.8. The number of nitrogens with one attached hydrogen (secondary N) is 1. The Morgan fingerprint density at radius 3 is 2.31 bits per heavy atom. The Bertz CT molecular complexity index is 698. The Balaban J connectivity index is 1.50. The largest absolute Gasteiger partial charge is 0.449 e. The molecule has 1 aliphatic carbocycles. The zero-order valence-electron chi connectivity index (χ0n) is 15.3. The average Bonchev–Trinajstić information content (AvgIpc) is 3.00. The number of carbonyl (C=O) groups is 1. The summed E-state index contributed by atoms with van der Waals surface area (Å²) >= 11 is 0. The van der Waals surface area contributed by atoms with Crippen LogP contribution in [0.3, 0.4) is 0 Å². The van der Waals surface area contributed by atoms with Crippen molar-refractivity contribution < 1.29 is 14.6 Å². The number of ether oxygens (including phenoxy) is 1. The summed E-state index contributed by atoms with van der Waals surface area (Å²) in [6, 6.07) is 16.6. The van der Waals surface area contributed by atoms with Crippen LogP contribution in [0.5, 0.6) is 0 Å². The number of fused-ring (bicyclic) bond motifs is 3. The zero-order valence-corrected chi connectivity index (χ0v) is 15.3. The number of rotatable bonds is 8. The molecule has 0 saturated heterocycles. The fourth-order valence-electron chi connectivity index (χ4n) is 3.55. The lowest BCUT2D eigenvalue weighted by Crippen LogP contribution is -2.27. The van der Waals surface area contributed by atoms with Gasteiger partial charge in [-0.3, -0.25) is 0 Å². The van der Waals surface area contributed by atoms with Crippen LogP contribution in [-0.4, -0.2) is 31.0 Å². The van der Waals surface area contributed by atoms with Gasteiger partial charge in [0.1, 0.15) is 6.61 Å². The standard InChI is InChI=1S/C22H27NO3/c1-16(14-24)8-6-7-13-23-22(25)26-15-21-19-11-4-2-9-17(19)18-10-3-5-12-20(18)21/h2-5,9-12,16,21,24H,6-8,13-15H2,1H3,(H,23,25). The van der Waals surface area contributed by atoms with Crippen LogP contribution in [0.25, 0.3) is 11.1 Å². The van der Waals surface area contributed by atoms with E-state index in [1.165, 1.54) is 22.3 Å². The first-order valence-electron chi connectivity index (χ1n) is 9.40. The highest BCUT2D eigenvalue weighted by molar-refractivity contribution is 5.79. The minimum absolute atomic E-state index is 0.0959. The van der Waals surface area contributed by atoms with E-state index in [1.807, 2.05) is 31.2 Å². The minimum Gasteiger partial charge on any atom is -0.449 e. The first kappa shape index (κ1) is 18.5. The van der Waals surface area contributed by atoms with E-state index in [4.69, 9.17) is 9.84 Å². The second kappa shape index (κ2) is 8.86. The van der Waals surface area contributed by atoms with Crippen LogP contribution in [0.15, 0.2) is 48.5 Å². The number of aliphatic hydroxyl groups excluding tert-OH is 1. The second-order valence-electron chi connectivity index (χ2n) is 7.04. The highest BCUT2D eigenvalue weighted by atomic mass is 16.5. The molecule has 0 saturated carbocycles. The van der Waals surface area contributed by atoms with Crippen molar-refractivity contribution in [1.82, 2.24) is 5.32 Å². The van der Waals surface area contributed by atoms with E-state index in [-0.39, 0.29) is 18.6 Å². The Kier molecular flexibility index (Phi) is 6.29. The molecule has 0 spiro atoms. The summed E-state index contributed by atoms with van der Waals surface area (Å²) in [6.45, 7) is 3.20. The molecular formula is C22H27NO3. The molecule has 0 fully saturated rings. The maximum Gasteiger partial charge on any atom is 0.407 e. The van der Waals surface area contributed by atoms with E-state index in [9.17, 15) is 4.79 Å². The lowest BCUT2D eigenvalue weighted by molar-refractivity contribution is 0.142. The molecule has 0 heterocycles. The van der Waals surface area contributed by atoms with Crippen LogP contribution in [0.1, 0.15) is 43.2 Å². The molecule has 2 N–H and O–H groups in total. The number of carbonyl (C=O) groups excluding carboxylic acids is 1. The SMILES string of the molecule is CC(CO)CCCCNC(=O)OCC1c2ccccc2-c2ccccc21. The predicted octanol–water partition coefficient (Wildman–Crippen LogP) is 4.32. The van der Waals surface area contributed by atoms with Gasteiger partial charge in [-0.2, -0.15) is 0 Å². The topological polar surface area (TPSA) is 58.6 Å². The van der Waals surface area contributed by atoms with E-state index in [0.29, 0.717) is 19.1 Å². The molecule has 0 aliphatic heterocycles. The zero-order chi connectivity index (χ0) is 18.4. The van der Waals surface area contributed by atoms with Crippen molar-refractivity contribution in [3.05, 3.63) is 59.7 Å². The summed E-state index contributed by atoms with van der Waals surface area (Å²) in [4.78, 5) is 12.0. The highest BCUT2D eigenvalue weighted by Gasteiger charge is 2.28. The monoisotopic (exact) mass is 353 g/mol. The van der Waals surface area contributed by atoms with Crippen molar-refractivity contribution in [2.24, 2.45) is 5.92 Å². The third kappa shape index (κ3) is 4.25. The molecule has 26 heavy (non-hydrogen) atoms. The molecule has 1 atom stereocenters. The number of benzene rings is 2. The van der Waals surface area contributed by atoms with E-state index >= 15 is 0 Å². The highest BCUT2D eigenvalue weighted by Crippen LogP contribution is 2.44. The number of hydrogen-bond acceptors (Lipinski definition) is 3. The van der Waals surface area contributed by atoms with Gasteiger partial charge in [0.05, 0.1) is 0 Å². The average molecular weight is 353 g/mol. The van der Waals surface area contributed by atoms with Crippen molar-refractivity contribution in [2.75, 3.05) is 19.8 Å². The first-order valence-corrected chi connectivity index (χ1v) is 9.40. The van der Waals surface area contributed by atoms with Gasteiger partial charge in [0, 0.05) is 19.1 Å². The summed E-state index contributed by atoms with van der Waals surface area (Å²) in [5.41, 5.74) is 4.91. The third-order valence-corrected chi connectivity index (χ3v) is 5.05. The summed E-state index contributed by atoms with van der Waals surface area (Å²) in [7, 11) is 0. The van der Waals surface area contributed by atoms with Crippen LogP contribution >= 0.6 is 0 Å². The van der Waals surface area contributed by atoms with Crippen LogP contribution in [0.2, 0.25) is 0 Å². The number of unbranched alkanes of at least 4 members (excludes halogenated alkanes) is 1. The molecule has 138 valence electrons. The summed E-state index contributed by atoms with van der Waals surface area (Å²) < 4.78 is 5.50. The van der Waals surface area contributed by atoms with Gasteiger partial charge in [-0.05, 0) is 41.0 Å². The fourth-order valence-corrected chi connectivity index (χ4v) is 3.55. The van der Waals surface area contributed by atoms with Crippen LogP contribution in [0, 0.1) is 5.92 Å². The maximum atomic E-state index is 12.0. The Morgan fingerprint density at radius 2 is 1.69 bits per heavy atom. The second-order valence-corrected chi connectivity index (χ2v) is 7.04. The third-order valence-electron chi connectivity index (χ3n) is 5.05. The van der Waals surface area contributed by atoms with Gasteiger partial charge in [0.2, 0.25) is 0 Å². The Morgan fingerprint density at radius 1 is 1.08 bits per heavy atom. The van der Waals surface area contributed by atoms with Crippen LogP contribution in [0.4, 0.5) is 4.79 Å². The van der Waals surface area contributed by atoms with Gasteiger partial charge < -0.3 is 15.2 Å². The number of amides is 1. The molecule has 0 aromatic heterocycles. The number of hydrogen-bond donors (Lipinski definition) is 2. The lowest BCUT2D eigenvalue weighted by Gasteiger charge is -2.14. The van der Waals surface area contributed by atoms with Gasteiger partial charge in [0.15, 0.2) is 0 Å². The van der Waals surface area contributed by atoms with Gasteiger partial charge >= 0.3 is 6.09 Å². The van der Waals surface area contributed by atoms with E-state index in [1.54, 1.807) is 0 Å². The molecule has 1 unspecified atom stereocenters. The smallest absolute Gasteiger partial charge is 0.407 e. The summed E-state index contributed by atoms with van der Waals surface area (Å²) in [5, 5.41) is 11.8. The van der Waals surface area contributed by atoms with Crippen molar-refractivity contribution in [2.45, 2.75) is 32.1 Å². The van der Waals surface area contributed by atoms with E-state index in [2.05, 4.69) is 29.6 Å². The van der Waals surface area contributed by atoms with Crippen molar-refractivity contribution in [1.29, 1.82) is 0 Å². The molecule has 2 aromatic rings. The molecule has 1 aliphatic rings. The van der Waals surface area contributed by atoms with E-state index in [0.717, 1.165) is 19.3 Å². The fraction of sp³-hybridized carbons (Fsp3) is 0.409.